The Bertz CT molecular complexity index is 638. The van der Waals surface area contributed by atoms with Crippen LogP contribution >= 0.6 is 15.9 Å². The highest BCUT2D eigenvalue weighted by Crippen LogP contribution is 2.42. The lowest BCUT2D eigenvalue weighted by atomic mass is 9.97. The van der Waals surface area contributed by atoms with E-state index in [4.69, 9.17) is 4.74 Å². The summed E-state index contributed by atoms with van der Waals surface area (Å²) in [6, 6.07) is 11.0. The van der Waals surface area contributed by atoms with Crippen molar-refractivity contribution in [2.75, 3.05) is 7.11 Å². The summed E-state index contributed by atoms with van der Waals surface area (Å²) in [5.41, 5.74) is 1.17. The summed E-state index contributed by atoms with van der Waals surface area (Å²) in [5.74, 6) is 0.555. The van der Waals surface area contributed by atoms with Crippen LogP contribution in [0.3, 0.4) is 0 Å². The van der Waals surface area contributed by atoms with Gasteiger partial charge in [-0.1, -0.05) is 51.8 Å². The first kappa shape index (κ1) is 15.9. The molecule has 0 N–H and O–H groups in total. The summed E-state index contributed by atoms with van der Waals surface area (Å²) >= 11 is 3.38. The second-order valence-electron chi connectivity index (χ2n) is 4.69. The van der Waals surface area contributed by atoms with E-state index in [0.29, 0.717) is 11.3 Å². The van der Waals surface area contributed by atoms with Crippen molar-refractivity contribution in [1.82, 2.24) is 0 Å². The van der Waals surface area contributed by atoms with Crippen LogP contribution in [0.2, 0.25) is 0 Å². The van der Waals surface area contributed by atoms with Crippen LogP contribution in [0.25, 0.3) is 0 Å². The molecule has 1 nitrogen and oxygen atoms in total. The minimum Gasteiger partial charge on any atom is -0.496 e. The molecule has 1 atom stereocenters. The monoisotopic (exact) mass is 358 g/mol. The molecular formula is C16H14BrF3O. The number of hydrogen-bond donors (Lipinski definition) is 0. The first-order chi connectivity index (χ1) is 9.84. The highest BCUT2D eigenvalue weighted by Gasteiger charge is 2.35. The first-order valence-corrected chi connectivity index (χ1v) is 7.21. The van der Waals surface area contributed by atoms with Gasteiger partial charge in [-0.15, -0.1) is 0 Å². The Kier molecular flexibility index (Phi) is 4.61. The minimum atomic E-state index is -4.39. The molecule has 0 aliphatic rings. The third-order valence-corrected chi connectivity index (χ3v) is 4.18. The van der Waals surface area contributed by atoms with Gasteiger partial charge in [-0.05, 0) is 24.6 Å². The highest BCUT2D eigenvalue weighted by molar-refractivity contribution is 9.09. The van der Waals surface area contributed by atoms with Crippen LogP contribution in [0.15, 0.2) is 42.5 Å². The zero-order valence-electron chi connectivity index (χ0n) is 11.5. The summed E-state index contributed by atoms with van der Waals surface area (Å²) in [5, 5.41) is 0. The number of aryl methyl sites for hydroxylation is 1. The predicted octanol–water partition coefficient (Wildman–Crippen LogP) is 5.51. The molecule has 112 valence electrons. The molecule has 0 amide bonds. The number of halogens is 4. The maximum Gasteiger partial charge on any atom is 0.416 e. The maximum atomic E-state index is 13.1. The standard InChI is InChI=1S/C16H14BrF3O/c1-10-7-8-14(21-2)12(9-10)15(17)11-5-3-4-6-13(11)16(18,19)20/h3-9,15H,1-2H3. The Morgan fingerprint density at radius 1 is 1.05 bits per heavy atom. The molecule has 0 radical (unpaired) electrons. The van der Waals surface area contributed by atoms with Gasteiger partial charge < -0.3 is 4.74 Å². The average molecular weight is 359 g/mol. The average Bonchev–Trinajstić information content (AvgIpc) is 2.45. The van der Waals surface area contributed by atoms with Gasteiger partial charge in [-0.2, -0.15) is 13.2 Å². The molecule has 2 rings (SSSR count). The van der Waals surface area contributed by atoms with E-state index in [1.165, 1.54) is 19.2 Å². The predicted molar refractivity (Wildman–Crippen MR) is 79.9 cm³/mol. The van der Waals surface area contributed by atoms with E-state index in [1.54, 1.807) is 12.1 Å². The molecular weight excluding hydrogens is 345 g/mol. The molecule has 0 saturated heterocycles. The highest BCUT2D eigenvalue weighted by atomic mass is 79.9. The van der Waals surface area contributed by atoms with E-state index in [1.807, 2.05) is 19.1 Å². The Balaban J connectivity index is 2.56. The van der Waals surface area contributed by atoms with E-state index >= 15 is 0 Å². The normalized spacial score (nSPS) is 13.0. The second-order valence-corrected chi connectivity index (χ2v) is 5.61. The van der Waals surface area contributed by atoms with Crippen molar-refractivity contribution in [2.24, 2.45) is 0 Å². The molecule has 0 aliphatic heterocycles. The van der Waals surface area contributed by atoms with Gasteiger partial charge in [0.2, 0.25) is 0 Å². The molecule has 0 fully saturated rings. The number of benzene rings is 2. The fourth-order valence-electron chi connectivity index (χ4n) is 2.20. The van der Waals surface area contributed by atoms with E-state index < -0.39 is 16.6 Å². The number of rotatable bonds is 3. The molecule has 5 heteroatoms. The largest absolute Gasteiger partial charge is 0.496 e. The molecule has 2 aromatic carbocycles. The number of ether oxygens (including phenoxy) is 1. The fourth-order valence-corrected chi connectivity index (χ4v) is 2.95. The van der Waals surface area contributed by atoms with Crippen LogP contribution < -0.4 is 4.74 Å². The van der Waals surface area contributed by atoms with Crippen molar-refractivity contribution in [3.63, 3.8) is 0 Å². The van der Waals surface area contributed by atoms with Gasteiger partial charge in [0.15, 0.2) is 0 Å². The minimum absolute atomic E-state index is 0.175. The molecule has 0 aromatic heterocycles. The van der Waals surface area contributed by atoms with Crippen LogP contribution in [-0.4, -0.2) is 7.11 Å². The second kappa shape index (κ2) is 6.10. The molecule has 0 aliphatic carbocycles. The van der Waals surface area contributed by atoms with Gasteiger partial charge >= 0.3 is 6.18 Å². The van der Waals surface area contributed by atoms with Crippen molar-refractivity contribution in [3.05, 3.63) is 64.7 Å². The molecule has 0 heterocycles. The molecule has 2 aromatic rings. The van der Waals surface area contributed by atoms with Gasteiger partial charge in [-0.25, -0.2) is 0 Å². The third-order valence-electron chi connectivity index (χ3n) is 3.20. The van der Waals surface area contributed by atoms with Crippen molar-refractivity contribution < 1.29 is 17.9 Å². The first-order valence-electron chi connectivity index (χ1n) is 6.29. The van der Waals surface area contributed by atoms with Crippen molar-refractivity contribution in [3.8, 4) is 5.75 Å². The zero-order valence-corrected chi connectivity index (χ0v) is 13.1. The quantitative estimate of drug-likeness (QED) is 0.657. The molecule has 0 saturated carbocycles. The Hall–Kier alpha value is -1.49. The molecule has 21 heavy (non-hydrogen) atoms. The third kappa shape index (κ3) is 3.40. The smallest absolute Gasteiger partial charge is 0.416 e. The summed E-state index contributed by atoms with van der Waals surface area (Å²) in [7, 11) is 1.50. The van der Waals surface area contributed by atoms with Crippen LogP contribution in [0, 0.1) is 6.92 Å². The van der Waals surface area contributed by atoms with Crippen molar-refractivity contribution in [2.45, 2.75) is 17.9 Å². The van der Waals surface area contributed by atoms with E-state index in [2.05, 4.69) is 15.9 Å². The molecule has 0 spiro atoms. The van der Waals surface area contributed by atoms with Crippen LogP contribution in [-0.2, 0) is 6.18 Å². The molecule has 1 unspecified atom stereocenters. The summed E-state index contributed by atoms with van der Waals surface area (Å²) in [4.78, 5) is -0.592. The fraction of sp³-hybridized carbons (Fsp3) is 0.250. The van der Waals surface area contributed by atoms with Crippen LogP contribution in [0.5, 0.6) is 5.75 Å². The lowest BCUT2D eigenvalue weighted by molar-refractivity contribution is -0.138. The Morgan fingerprint density at radius 3 is 2.33 bits per heavy atom. The summed E-state index contributed by atoms with van der Waals surface area (Å²) in [6.07, 6.45) is -4.39. The Morgan fingerprint density at radius 2 is 1.71 bits per heavy atom. The number of methoxy groups -OCH3 is 1. The number of hydrogen-bond acceptors (Lipinski definition) is 1. The van der Waals surface area contributed by atoms with Crippen LogP contribution in [0.1, 0.15) is 27.1 Å². The van der Waals surface area contributed by atoms with Gasteiger partial charge in [0.1, 0.15) is 5.75 Å². The van der Waals surface area contributed by atoms with E-state index in [0.717, 1.165) is 11.6 Å². The van der Waals surface area contributed by atoms with Crippen LogP contribution in [0.4, 0.5) is 13.2 Å². The summed E-state index contributed by atoms with van der Waals surface area (Å²) in [6.45, 7) is 1.89. The van der Waals surface area contributed by atoms with Crippen molar-refractivity contribution in [1.29, 1.82) is 0 Å². The van der Waals surface area contributed by atoms with Gasteiger partial charge in [-0.3, -0.25) is 0 Å². The number of alkyl halides is 4. The van der Waals surface area contributed by atoms with Crippen molar-refractivity contribution >= 4 is 15.9 Å². The lowest BCUT2D eigenvalue weighted by Crippen LogP contribution is -2.11. The maximum absolute atomic E-state index is 13.1. The topological polar surface area (TPSA) is 9.23 Å². The lowest BCUT2D eigenvalue weighted by Gasteiger charge is -2.19. The SMILES string of the molecule is COc1ccc(C)cc1C(Br)c1ccccc1C(F)(F)F. The van der Waals surface area contributed by atoms with E-state index in [-0.39, 0.29) is 5.56 Å². The van der Waals surface area contributed by atoms with Gasteiger partial charge in [0.05, 0.1) is 17.5 Å². The van der Waals surface area contributed by atoms with E-state index in [9.17, 15) is 13.2 Å². The molecule has 0 bridgehead atoms. The van der Waals surface area contributed by atoms with Gasteiger partial charge in [0, 0.05) is 5.56 Å². The Labute approximate surface area is 129 Å². The zero-order chi connectivity index (χ0) is 15.6. The summed E-state index contributed by atoms with van der Waals surface area (Å²) < 4.78 is 44.7. The van der Waals surface area contributed by atoms with Gasteiger partial charge in [0.25, 0.3) is 0 Å².